The zero-order chi connectivity index (χ0) is 16.1. The predicted molar refractivity (Wildman–Crippen MR) is 82.9 cm³/mol. The Bertz CT molecular complexity index is 696. The molecule has 0 saturated heterocycles. The molecule has 2 aromatic rings. The number of phenolic OH excluding ortho intramolecular Hbond substituents is 4. The standard InChI is InChI=1S/C16H17BO4/c1-6-5-10(18)16(21)11(7(6)2)12-8(3)15(20)13(17)9(4)14(12)19/h5,18-21H,1-4H3. The van der Waals surface area contributed by atoms with E-state index in [2.05, 4.69) is 0 Å². The van der Waals surface area contributed by atoms with Crippen molar-refractivity contribution in [2.24, 2.45) is 0 Å². The third kappa shape index (κ3) is 2.09. The summed E-state index contributed by atoms with van der Waals surface area (Å²) in [5, 5.41) is 40.5. The third-order valence-corrected chi connectivity index (χ3v) is 4.03. The number of hydrogen-bond acceptors (Lipinski definition) is 4. The molecule has 0 heterocycles. The fourth-order valence-corrected chi connectivity index (χ4v) is 2.49. The summed E-state index contributed by atoms with van der Waals surface area (Å²) in [6.07, 6.45) is 0. The van der Waals surface area contributed by atoms with E-state index in [0.29, 0.717) is 22.3 Å². The molecule has 0 amide bonds. The van der Waals surface area contributed by atoms with Crippen molar-refractivity contribution in [1.82, 2.24) is 0 Å². The highest BCUT2D eigenvalue weighted by Crippen LogP contribution is 2.47. The van der Waals surface area contributed by atoms with Crippen molar-refractivity contribution in [3.05, 3.63) is 28.3 Å². The number of hydrogen-bond donors (Lipinski definition) is 4. The maximum Gasteiger partial charge on any atom is 0.165 e. The lowest BCUT2D eigenvalue weighted by molar-refractivity contribution is 0.403. The van der Waals surface area contributed by atoms with Crippen LogP contribution < -0.4 is 5.46 Å². The predicted octanol–water partition coefficient (Wildman–Crippen LogP) is 2.20. The second-order valence-electron chi connectivity index (χ2n) is 5.30. The van der Waals surface area contributed by atoms with Crippen LogP contribution in [0.2, 0.25) is 0 Å². The first-order valence-electron chi connectivity index (χ1n) is 6.51. The van der Waals surface area contributed by atoms with Gasteiger partial charge < -0.3 is 20.4 Å². The Balaban J connectivity index is 3.00. The largest absolute Gasteiger partial charge is 0.508 e. The number of phenols is 4. The topological polar surface area (TPSA) is 80.9 Å². The molecule has 0 fully saturated rings. The Hall–Kier alpha value is -2.30. The van der Waals surface area contributed by atoms with Crippen molar-refractivity contribution in [3.8, 4) is 34.1 Å². The number of rotatable bonds is 1. The van der Waals surface area contributed by atoms with Crippen LogP contribution in [-0.2, 0) is 0 Å². The Morgan fingerprint density at radius 2 is 1.24 bits per heavy atom. The molecule has 2 rings (SSSR count). The van der Waals surface area contributed by atoms with Crippen LogP contribution in [0.15, 0.2) is 6.07 Å². The lowest BCUT2D eigenvalue weighted by atomic mass is 9.82. The molecular formula is C16H17BO4. The molecule has 0 spiro atoms. The van der Waals surface area contributed by atoms with E-state index in [-0.39, 0.29) is 34.0 Å². The normalized spacial score (nSPS) is 10.9. The van der Waals surface area contributed by atoms with E-state index in [1.54, 1.807) is 27.7 Å². The van der Waals surface area contributed by atoms with Gasteiger partial charge in [-0.2, -0.15) is 0 Å². The number of benzene rings is 2. The third-order valence-electron chi connectivity index (χ3n) is 4.03. The molecule has 0 aliphatic carbocycles. The van der Waals surface area contributed by atoms with E-state index in [1.165, 1.54) is 6.07 Å². The average molecular weight is 284 g/mol. The monoisotopic (exact) mass is 284 g/mol. The molecule has 0 aliphatic heterocycles. The molecular weight excluding hydrogens is 267 g/mol. The quantitative estimate of drug-likeness (QED) is 0.367. The fourth-order valence-electron chi connectivity index (χ4n) is 2.49. The minimum absolute atomic E-state index is 0.0998. The molecule has 21 heavy (non-hydrogen) atoms. The smallest absolute Gasteiger partial charge is 0.165 e. The van der Waals surface area contributed by atoms with Crippen molar-refractivity contribution < 1.29 is 20.4 Å². The maximum atomic E-state index is 10.4. The second-order valence-corrected chi connectivity index (χ2v) is 5.30. The average Bonchev–Trinajstić information content (AvgIpc) is 2.44. The van der Waals surface area contributed by atoms with Crippen LogP contribution >= 0.6 is 0 Å². The Morgan fingerprint density at radius 1 is 0.714 bits per heavy atom. The second kappa shape index (κ2) is 4.92. The summed E-state index contributed by atoms with van der Waals surface area (Å²) >= 11 is 0. The van der Waals surface area contributed by atoms with Gasteiger partial charge in [0.2, 0.25) is 0 Å². The van der Waals surface area contributed by atoms with Gasteiger partial charge in [0.1, 0.15) is 19.3 Å². The van der Waals surface area contributed by atoms with Gasteiger partial charge in [-0.25, -0.2) is 0 Å². The molecule has 2 aromatic carbocycles. The van der Waals surface area contributed by atoms with E-state index in [4.69, 9.17) is 7.85 Å². The fraction of sp³-hybridized carbons (Fsp3) is 0.250. The van der Waals surface area contributed by atoms with Gasteiger partial charge in [0.25, 0.3) is 0 Å². The van der Waals surface area contributed by atoms with Gasteiger partial charge in [0.05, 0.1) is 0 Å². The van der Waals surface area contributed by atoms with Crippen molar-refractivity contribution in [2.45, 2.75) is 27.7 Å². The molecule has 0 aliphatic rings. The highest BCUT2D eigenvalue weighted by Gasteiger charge is 2.23. The molecule has 108 valence electrons. The zero-order valence-electron chi connectivity index (χ0n) is 12.4. The zero-order valence-corrected chi connectivity index (χ0v) is 12.4. The summed E-state index contributed by atoms with van der Waals surface area (Å²) in [6.45, 7) is 6.73. The van der Waals surface area contributed by atoms with E-state index < -0.39 is 0 Å². The van der Waals surface area contributed by atoms with E-state index in [9.17, 15) is 20.4 Å². The van der Waals surface area contributed by atoms with Crippen molar-refractivity contribution in [1.29, 1.82) is 0 Å². The van der Waals surface area contributed by atoms with Gasteiger partial charge >= 0.3 is 0 Å². The summed E-state index contributed by atoms with van der Waals surface area (Å²) in [6, 6.07) is 1.45. The molecule has 4 nitrogen and oxygen atoms in total. The molecule has 0 saturated carbocycles. The summed E-state index contributed by atoms with van der Waals surface area (Å²) in [7, 11) is 5.74. The van der Waals surface area contributed by atoms with Crippen molar-refractivity contribution in [3.63, 3.8) is 0 Å². The summed E-state index contributed by atoms with van der Waals surface area (Å²) in [4.78, 5) is 0. The highest BCUT2D eigenvalue weighted by molar-refractivity contribution is 6.36. The maximum absolute atomic E-state index is 10.4. The highest BCUT2D eigenvalue weighted by atomic mass is 16.3. The van der Waals surface area contributed by atoms with Gasteiger partial charge in [-0.3, -0.25) is 0 Å². The summed E-state index contributed by atoms with van der Waals surface area (Å²) < 4.78 is 0. The van der Waals surface area contributed by atoms with Crippen LogP contribution in [0.4, 0.5) is 0 Å². The first-order valence-corrected chi connectivity index (χ1v) is 6.51. The number of aromatic hydroxyl groups is 4. The molecule has 4 N–H and O–H groups in total. The lowest BCUT2D eigenvalue weighted by Gasteiger charge is -2.20. The van der Waals surface area contributed by atoms with Crippen LogP contribution in [0.25, 0.3) is 11.1 Å². The van der Waals surface area contributed by atoms with E-state index >= 15 is 0 Å². The minimum Gasteiger partial charge on any atom is -0.508 e. The summed E-state index contributed by atoms with van der Waals surface area (Å²) in [5.41, 5.74) is 2.80. The van der Waals surface area contributed by atoms with Gasteiger partial charge in [0.15, 0.2) is 11.5 Å². The SMILES string of the molecule is [B]c1c(C)c(O)c(-c2c(C)c(C)cc(O)c2O)c(C)c1O. The van der Waals surface area contributed by atoms with Gasteiger partial charge in [-0.1, -0.05) is 0 Å². The Kier molecular flexibility index (Phi) is 3.53. The molecule has 5 heteroatoms. The molecule has 0 unspecified atom stereocenters. The van der Waals surface area contributed by atoms with E-state index in [0.717, 1.165) is 5.56 Å². The molecule has 0 aromatic heterocycles. The Morgan fingerprint density at radius 3 is 1.81 bits per heavy atom. The lowest BCUT2D eigenvalue weighted by Crippen LogP contribution is -2.11. The number of aryl methyl sites for hydroxylation is 1. The van der Waals surface area contributed by atoms with Gasteiger partial charge in [-0.15, -0.1) is 0 Å². The van der Waals surface area contributed by atoms with E-state index in [1.807, 2.05) is 0 Å². The molecule has 0 bridgehead atoms. The van der Waals surface area contributed by atoms with Crippen LogP contribution in [0.1, 0.15) is 22.3 Å². The van der Waals surface area contributed by atoms with Gasteiger partial charge in [0, 0.05) is 16.7 Å². The Labute approximate surface area is 124 Å². The van der Waals surface area contributed by atoms with Crippen LogP contribution in [0, 0.1) is 27.7 Å². The van der Waals surface area contributed by atoms with Crippen molar-refractivity contribution >= 4 is 13.3 Å². The molecule has 2 radical (unpaired) electrons. The summed E-state index contributed by atoms with van der Waals surface area (Å²) in [5.74, 6) is -0.868. The first-order chi connectivity index (χ1) is 9.68. The minimum atomic E-state index is -0.333. The van der Waals surface area contributed by atoms with Gasteiger partial charge in [-0.05, 0) is 55.9 Å². The van der Waals surface area contributed by atoms with Crippen LogP contribution in [-0.4, -0.2) is 28.3 Å². The first kappa shape index (κ1) is 15.1. The van der Waals surface area contributed by atoms with Crippen molar-refractivity contribution in [2.75, 3.05) is 0 Å². The molecule has 0 atom stereocenters. The van der Waals surface area contributed by atoms with Crippen LogP contribution in [0.3, 0.4) is 0 Å². The van der Waals surface area contributed by atoms with Crippen LogP contribution in [0.5, 0.6) is 23.0 Å².